The van der Waals surface area contributed by atoms with Gasteiger partial charge >= 0.3 is 0 Å². The van der Waals surface area contributed by atoms with E-state index in [4.69, 9.17) is 0 Å². The van der Waals surface area contributed by atoms with E-state index in [9.17, 15) is 0 Å². The molecular weight excluding hydrogens is 907 g/mol. The Morgan fingerprint density at radius 3 is 1.11 bits per heavy atom. The monoisotopic (exact) mass is 955 g/mol. The molecule has 0 atom stereocenters. The van der Waals surface area contributed by atoms with Crippen molar-refractivity contribution in [3.8, 4) is 67.0 Å². The Balaban J connectivity index is 0.949. The molecule has 75 heavy (non-hydrogen) atoms. The van der Waals surface area contributed by atoms with Gasteiger partial charge in [-0.2, -0.15) is 0 Å². The molecule has 3 heteroatoms. The fourth-order valence-corrected chi connectivity index (χ4v) is 11.3. The number of anilines is 3. The molecule has 0 radical (unpaired) electrons. The first kappa shape index (κ1) is 43.8. The van der Waals surface area contributed by atoms with Gasteiger partial charge < -0.3 is 14.0 Å². The fourth-order valence-electron chi connectivity index (χ4n) is 11.3. The van der Waals surface area contributed by atoms with Crippen LogP contribution in [-0.2, 0) is 0 Å². The highest BCUT2D eigenvalue weighted by Crippen LogP contribution is 2.43. The average molecular weight is 956 g/mol. The van der Waals surface area contributed by atoms with Crippen molar-refractivity contribution in [2.24, 2.45) is 0 Å². The topological polar surface area (TPSA) is 13.1 Å². The third-order valence-electron chi connectivity index (χ3n) is 14.9. The molecule has 0 saturated carbocycles. The number of rotatable bonds is 10. The lowest BCUT2D eigenvalue weighted by atomic mass is 9.92. The lowest BCUT2D eigenvalue weighted by Crippen LogP contribution is -2.10. The van der Waals surface area contributed by atoms with Crippen LogP contribution in [0.15, 0.2) is 297 Å². The number of hydrogen-bond acceptors (Lipinski definition) is 1. The molecule has 2 aromatic heterocycles. The minimum atomic E-state index is 1.07. The molecule has 3 nitrogen and oxygen atoms in total. The molecule has 14 rings (SSSR count). The second-order valence-electron chi connectivity index (χ2n) is 19.4. The van der Waals surface area contributed by atoms with Crippen LogP contribution in [0.3, 0.4) is 0 Å². The van der Waals surface area contributed by atoms with E-state index < -0.39 is 0 Å². The molecule has 2 heterocycles. The van der Waals surface area contributed by atoms with Gasteiger partial charge in [0.25, 0.3) is 0 Å². The van der Waals surface area contributed by atoms with E-state index in [-0.39, 0.29) is 0 Å². The van der Waals surface area contributed by atoms with Crippen LogP contribution >= 0.6 is 0 Å². The Hall–Kier alpha value is -9.96. The van der Waals surface area contributed by atoms with Gasteiger partial charge in [0.15, 0.2) is 0 Å². The van der Waals surface area contributed by atoms with Crippen LogP contribution in [0.4, 0.5) is 17.1 Å². The number of hydrogen-bond donors (Lipinski definition) is 0. The van der Waals surface area contributed by atoms with Crippen LogP contribution in [-0.4, -0.2) is 9.13 Å². The van der Waals surface area contributed by atoms with Crippen LogP contribution in [0.1, 0.15) is 0 Å². The highest BCUT2D eigenvalue weighted by Gasteiger charge is 2.19. The fraction of sp³-hybridized carbons (Fsp3) is 0. The molecule has 0 bridgehead atoms. The summed E-state index contributed by atoms with van der Waals surface area (Å²) < 4.78 is 4.80. The Bertz CT molecular complexity index is 4280. The van der Waals surface area contributed by atoms with Gasteiger partial charge in [0, 0.05) is 50.0 Å². The maximum absolute atomic E-state index is 2.41. The molecule has 0 aliphatic carbocycles. The van der Waals surface area contributed by atoms with E-state index in [1.54, 1.807) is 0 Å². The summed E-state index contributed by atoms with van der Waals surface area (Å²) in [6, 6.07) is 108. The minimum Gasteiger partial charge on any atom is -0.310 e. The smallest absolute Gasteiger partial charge is 0.0547 e. The zero-order valence-corrected chi connectivity index (χ0v) is 41.1. The van der Waals surface area contributed by atoms with Crippen molar-refractivity contribution in [1.82, 2.24) is 9.13 Å². The van der Waals surface area contributed by atoms with Crippen LogP contribution in [0.5, 0.6) is 0 Å². The maximum atomic E-state index is 2.41. The molecule has 0 aliphatic heterocycles. The van der Waals surface area contributed by atoms with Crippen LogP contribution in [0.25, 0.3) is 111 Å². The van der Waals surface area contributed by atoms with E-state index in [0.717, 1.165) is 61.8 Å². The molecule has 14 aromatic rings. The summed E-state index contributed by atoms with van der Waals surface area (Å²) in [6.07, 6.45) is 0. The van der Waals surface area contributed by atoms with E-state index in [1.165, 1.54) is 65.9 Å². The minimum absolute atomic E-state index is 1.07. The van der Waals surface area contributed by atoms with E-state index in [1.807, 2.05) is 0 Å². The number of aromatic nitrogens is 2. The van der Waals surface area contributed by atoms with Gasteiger partial charge in [-0.25, -0.2) is 0 Å². The van der Waals surface area contributed by atoms with E-state index in [2.05, 4.69) is 311 Å². The second-order valence-corrected chi connectivity index (χ2v) is 19.4. The first-order valence-corrected chi connectivity index (χ1v) is 25.7. The Morgan fingerprint density at radius 1 is 0.187 bits per heavy atom. The molecule has 352 valence electrons. The molecule has 0 saturated heterocycles. The molecule has 0 unspecified atom stereocenters. The summed E-state index contributed by atoms with van der Waals surface area (Å²) in [5, 5.41) is 4.93. The molecule has 0 spiro atoms. The molecule has 12 aromatic carbocycles. The van der Waals surface area contributed by atoms with Crippen molar-refractivity contribution in [3.05, 3.63) is 297 Å². The van der Waals surface area contributed by atoms with Crippen molar-refractivity contribution in [1.29, 1.82) is 0 Å². The first-order chi connectivity index (χ1) is 37.2. The molecule has 0 fully saturated rings. The lowest BCUT2D eigenvalue weighted by molar-refractivity contribution is 1.18. The van der Waals surface area contributed by atoms with Crippen LogP contribution in [0, 0.1) is 0 Å². The van der Waals surface area contributed by atoms with Crippen molar-refractivity contribution < 1.29 is 0 Å². The van der Waals surface area contributed by atoms with Gasteiger partial charge in [0.2, 0.25) is 0 Å². The van der Waals surface area contributed by atoms with Gasteiger partial charge in [-0.1, -0.05) is 188 Å². The van der Waals surface area contributed by atoms with Crippen molar-refractivity contribution >= 4 is 60.7 Å². The third-order valence-corrected chi connectivity index (χ3v) is 14.9. The molecule has 0 N–H and O–H groups in total. The van der Waals surface area contributed by atoms with Gasteiger partial charge in [-0.15, -0.1) is 0 Å². The SMILES string of the molecule is c1ccc(-c2ccc(N(c3ccc(-c4ccccc4)cc3)c3cccc(-c4cc(-c5ccc6c(c5)c5ccccc5n6-c5ccccc5)cc(-c5ccc6c7ccccc7n(-c7ccccc7)c6c5)c4)c3)cc2)cc1. The zero-order valence-electron chi connectivity index (χ0n) is 41.1. The predicted molar refractivity (Wildman–Crippen MR) is 317 cm³/mol. The van der Waals surface area contributed by atoms with E-state index in [0.29, 0.717) is 0 Å². The Morgan fingerprint density at radius 2 is 0.560 bits per heavy atom. The van der Waals surface area contributed by atoms with Gasteiger partial charge in [0.1, 0.15) is 0 Å². The summed E-state index contributed by atoms with van der Waals surface area (Å²) in [7, 11) is 0. The standard InChI is InChI=1S/C72H49N3/c1-5-18-50(19-6-1)52-32-38-62(39-33-52)73(63-40-34-53(35-41-63)51-20-7-2-8-21-51)64-27-17-22-54(47-64)57-44-58(55-37-43-71-68(48-55)66-29-14-16-31-70(66)74(71)60-23-9-3-10-24-60)46-59(45-57)56-36-42-67-65-28-13-15-30-69(65)75(72(67)49-56)61-25-11-4-12-26-61/h1-49H. The lowest BCUT2D eigenvalue weighted by Gasteiger charge is -2.26. The summed E-state index contributed by atoms with van der Waals surface area (Å²) in [6.45, 7) is 0. The van der Waals surface area contributed by atoms with Crippen molar-refractivity contribution in [3.63, 3.8) is 0 Å². The van der Waals surface area contributed by atoms with Gasteiger partial charge in [-0.3, -0.25) is 0 Å². The third kappa shape index (κ3) is 7.95. The Kier molecular flexibility index (Phi) is 10.8. The second kappa shape index (κ2) is 18.6. The largest absolute Gasteiger partial charge is 0.310 e. The number of para-hydroxylation sites is 4. The van der Waals surface area contributed by atoms with Crippen molar-refractivity contribution in [2.45, 2.75) is 0 Å². The highest BCUT2D eigenvalue weighted by molar-refractivity contribution is 6.12. The van der Waals surface area contributed by atoms with Crippen LogP contribution < -0.4 is 4.90 Å². The van der Waals surface area contributed by atoms with Crippen LogP contribution in [0.2, 0.25) is 0 Å². The number of fused-ring (bicyclic) bond motifs is 6. The zero-order chi connectivity index (χ0) is 49.7. The normalized spacial score (nSPS) is 11.5. The van der Waals surface area contributed by atoms with E-state index >= 15 is 0 Å². The Labute approximate surface area is 436 Å². The first-order valence-electron chi connectivity index (χ1n) is 25.7. The quantitative estimate of drug-likeness (QED) is 0.133. The summed E-state index contributed by atoms with van der Waals surface area (Å²) in [5.74, 6) is 0. The highest BCUT2D eigenvalue weighted by atomic mass is 15.1. The predicted octanol–water partition coefficient (Wildman–Crippen LogP) is 19.7. The summed E-state index contributed by atoms with van der Waals surface area (Å²) >= 11 is 0. The van der Waals surface area contributed by atoms with Gasteiger partial charge in [0.05, 0.1) is 22.1 Å². The number of benzene rings is 12. The summed E-state index contributed by atoms with van der Waals surface area (Å²) in [5.41, 5.74) is 21.9. The maximum Gasteiger partial charge on any atom is 0.0547 e. The number of nitrogens with zero attached hydrogens (tertiary/aromatic N) is 3. The van der Waals surface area contributed by atoms with Crippen molar-refractivity contribution in [2.75, 3.05) is 4.90 Å². The van der Waals surface area contributed by atoms with Gasteiger partial charge in [-0.05, 0) is 165 Å². The molecular formula is C72H49N3. The average Bonchev–Trinajstić information content (AvgIpc) is 4.03. The molecule has 0 aliphatic rings. The summed E-state index contributed by atoms with van der Waals surface area (Å²) in [4.78, 5) is 2.38. The molecule has 0 amide bonds.